The smallest absolute Gasteiger partial charge is 0.319 e. The van der Waals surface area contributed by atoms with Gasteiger partial charge in [0.1, 0.15) is 23.6 Å². The second kappa shape index (κ2) is 10.3. The molecule has 2 bridgehead atoms. The molecule has 43 heavy (non-hydrogen) atoms. The minimum atomic E-state index is -0.493. The molecule has 3 N–H and O–H groups in total. The molecule has 0 aliphatic carbocycles. The second-order valence-corrected chi connectivity index (χ2v) is 12.9. The van der Waals surface area contributed by atoms with Gasteiger partial charge in [0.2, 0.25) is 0 Å². The normalized spacial score (nSPS) is 28.7. The van der Waals surface area contributed by atoms with Crippen molar-refractivity contribution in [1.82, 2.24) is 25.2 Å². The molecule has 224 valence electrons. The van der Waals surface area contributed by atoms with E-state index >= 15 is 4.39 Å². The number of rotatable bonds is 6. The highest BCUT2D eigenvalue weighted by Gasteiger charge is 2.52. The Hall–Kier alpha value is -3.44. The zero-order valence-electron chi connectivity index (χ0n) is 24.3. The lowest BCUT2D eigenvalue weighted by Gasteiger charge is -2.34. The third kappa shape index (κ3) is 4.54. The van der Waals surface area contributed by atoms with Gasteiger partial charge in [-0.25, -0.2) is 4.39 Å². The van der Waals surface area contributed by atoms with Gasteiger partial charge in [0, 0.05) is 50.0 Å². The molecule has 9 nitrogen and oxygen atoms in total. The molecule has 0 saturated carbocycles. The first-order valence-electron chi connectivity index (χ1n) is 15.5. The number of ether oxygens (including phenoxy) is 1. The minimum Gasteiger partial charge on any atom is -0.461 e. The Morgan fingerprint density at radius 2 is 1.72 bits per heavy atom. The number of fused-ring (bicyclic) bond motifs is 5. The first-order chi connectivity index (χ1) is 20.9. The standard InChI is InChI=1S/C33H37FN6O3/c1-2-19-5-3-6-20-7-4-8-25(27(19)20)29-28(34)30-26(13-35-29)31(39-14-21-9-10-22(15-39)36-21)38-32(37-30)43-18-33-11-23(41)16-40(33)17-24(42)12-33/h3-8,13,21-24,36,41-42H,2,9-12,14-18H2,1H3/t21?,22?,23-,24+,33-. The summed E-state index contributed by atoms with van der Waals surface area (Å²) in [6, 6.07) is 12.9. The van der Waals surface area contributed by atoms with E-state index in [1.165, 1.54) is 0 Å². The molecular weight excluding hydrogens is 547 g/mol. The van der Waals surface area contributed by atoms with Gasteiger partial charge >= 0.3 is 6.01 Å². The number of halogens is 1. The summed E-state index contributed by atoms with van der Waals surface area (Å²) in [6.45, 7) is 4.86. The maximum Gasteiger partial charge on any atom is 0.319 e. The van der Waals surface area contributed by atoms with Gasteiger partial charge in [-0.15, -0.1) is 0 Å². The summed E-state index contributed by atoms with van der Waals surface area (Å²) in [5, 5.41) is 27.1. The van der Waals surface area contributed by atoms with Gasteiger partial charge < -0.3 is 25.2 Å². The third-order valence-electron chi connectivity index (χ3n) is 10.0. The van der Waals surface area contributed by atoms with E-state index in [-0.39, 0.29) is 23.8 Å². The first-order valence-corrected chi connectivity index (χ1v) is 15.5. The molecule has 0 spiro atoms. The van der Waals surface area contributed by atoms with E-state index in [2.05, 4.69) is 33.1 Å². The van der Waals surface area contributed by atoms with E-state index in [1.807, 2.05) is 30.3 Å². The van der Waals surface area contributed by atoms with Gasteiger partial charge in [-0.1, -0.05) is 43.3 Å². The third-order valence-corrected chi connectivity index (χ3v) is 10.0. The van der Waals surface area contributed by atoms with Crippen LogP contribution in [0.2, 0.25) is 0 Å². The van der Waals surface area contributed by atoms with E-state index in [0.29, 0.717) is 49.2 Å². The van der Waals surface area contributed by atoms with Gasteiger partial charge in [-0.2, -0.15) is 9.97 Å². The van der Waals surface area contributed by atoms with Crippen LogP contribution in [-0.2, 0) is 6.42 Å². The monoisotopic (exact) mass is 584 g/mol. The fourth-order valence-corrected chi connectivity index (χ4v) is 8.12. The van der Waals surface area contributed by atoms with Crippen LogP contribution < -0.4 is 15.0 Å². The van der Waals surface area contributed by atoms with Crippen LogP contribution in [-0.4, -0.2) is 92.7 Å². The molecule has 2 unspecified atom stereocenters. The van der Waals surface area contributed by atoms with Crippen molar-refractivity contribution >= 4 is 27.5 Å². The van der Waals surface area contributed by atoms with Crippen molar-refractivity contribution in [2.75, 3.05) is 37.7 Å². The Balaban J connectivity index is 1.24. The maximum atomic E-state index is 16.8. The van der Waals surface area contributed by atoms with Crippen molar-refractivity contribution in [1.29, 1.82) is 0 Å². The quantitative estimate of drug-likeness (QED) is 0.314. The molecule has 2 aromatic carbocycles. The van der Waals surface area contributed by atoms with Crippen LogP contribution in [0.3, 0.4) is 0 Å². The molecule has 4 fully saturated rings. The lowest BCUT2D eigenvalue weighted by molar-refractivity contribution is 0.105. The van der Waals surface area contributed by atoms with Crippen molar-refractivity contribution in [2.45, 2.75) is 68.9 Å². The molecule has 6 heterocycles. The molecule has 4 aliphatic heterocycles. The van der Waals surface area contributed by atoms with Crippen LogP contribution in [0.15, 0.2) is 42.6 Å². The molecule has 4 aliphatic rings. The summed E-state index contributed by atoms with van der Waals surface area (Å²) < 4.78 is 23.0. The lowest BCUT2D eigenvalue weighted by atomic mass is 9.93. The van der Waals surface area contributed by atoms with Gasteiger partial charge in [-0.05, 0) is 48.4 Å². The Morgan fingerprint density at radius 3 is 2.44 bits per heavy atom. The molecule has 0 radical (unpaired) electrons. The van der Waals surface area contributed by atoms with E-state index in [0.717, 1.165) is 54.3 Å². The number of aryl methyl sites for hydroxylation is 1. The lowest BCUT2D eigenvalue weighted by Crippen LogP contribution is -2.51. The van der Waals surface area contributed by atoms with Gasteiger partial charge in [0.25, 0.3) is 0 Å². The van der Waals surface area contributed by atoms with Gasteiger partial charge in [0.15, 0.2) is 5.82 Å². The van der Waals surface area contributed by atoms with E-state index in [1.54, 1.807) is 6.20 Å². The van der Waals surface area contributed by atoms with Crippen LogP contribution in [0.25, 0.3) is 32.9 Å². The van der Waals surface area contributed by atoms with Crippen molar-refractivity contribution in [3.05, 3.63) is 54.0 Å². The van der Waals surface area contributed by atoms with Crippen LogP contribution in [0.4, 0.5) is 10.2 Å². The molecular formula is C33H37FN6O3. The highest BCUT2D eigenvalue weighted by molar-refractivity contribution is 6.00. The highest BCUT2D eigenvalue weighted by atomic mass is 19.1. The van der Waals surface area contributed by atoms with Crippen molar-refractivity contribution in [2.24, 2.45) is 0 Å². The molecule has 4 saturated heterocycles. The van der Waals surface area contributed by atoms with Gasteiger partial charge in [-0.3, -0.25) is 9.88 Å². The Morgan fingerprint density at radius 1 is 1.00 bits per heavy atom. The Bertz CT molecular complexity index is 1690. The number of aliphatic hydroxyl groups excluding tert-OH is 2. The first kappa shape index (κ1) is 27.1. The molecule has 10 heteroatoms. The molecule has 2 aromatic heterocycles. The number of aliphatic hydroxyl groups is 2. The van der Waals surface area contributed by atoms with Crippen LogP contribution in [0, 0.1) is 5.82 Å². The van der Waals surface area contributed by atoms with Crippen LogP contribution in [0.5, 0.6) is 6.01 Å². The summed E-state index contributed by atoms with van der Waals surface area (Å²) in [4.78, 5) is 18.6. The minimum absolute atomic E-state index is 0.105. The summed E-state index contributed by atoms with van der Waals surface area (Å²) in [6.07, 6.45) is 4.82. The number of nitrogens with one attached hydrogen (secondary N) is 1. The summed E-state index contributed by atoms with van der Waals surface area (Å²) in [7, 11) is 0. The summed E-state index contributed by atoms with van der Waals surface area (Å²) in [5.41, 5.74) is 1.84. The predicted octanol–water partition coefficient (Wildman–Crippen LogP) is 3.44. The van der Waals surface area contributed by atoms with E-state index < -0.39 is 23.6 Å². The SMILES string of the molecule is CCc1cccc2cccc(-c3ncc4c(N5CC6CCC(C5)N6)nc(OC[C@@]56C[C@H](O)CN5C[C@H](O)C6)nc4c3F)c12. The number of piperazine rings is 1. The molecule has 0 amide bonds. The van der Waals surface area contributed by atoms with Crippen LogP contribution in [0.1, 0.15) is 38.2 Å². The number of hydrogen-bond donors (Lipinski definition) is 3. The van der Waals surface area contributed by atoms with Gasteiger partial charge in [0.05, 0.1) is 23.1 Å². The average Bonchev–Trinajstić information content (AvgIpc) is 3.61. The predicted molar refractivity (Wildman–Crippen MR) is 163 cm³/mol. The zero-order chi connectivity index (χ0) is 29.3. The van der Waals surface area contributed by atoms with Crippen molar-refractivity contribution < 1.29 is 19.3 Å². The van der Waals surface area contributed by atoms with E-state index in [9.17, 15) is 10.2 Å². The topological polar surface area (TPSA) is 107 Å². The zero-order valence-corrected chi connectivity index (χ0v) is 24.3. The molecule has 5 atom stereocenters. The second-order valence-electron chi connectivity index (χ2n) is 12.9. The summed E-state index contributed by atoms with van der Waals surface area (Å²) in [5.74, 6) is 0.144. The van der Waals surface area contributed by atoms with Crippen molar-refractivity contribution in [3.8, 4) is 17.3 Å². The van der Waals surface area contributed by atoms with Crippen LogP contribution >= 0.6 is 0 Å². The molecule has 4 aromatic rings. The van der Waals surface area contributed by atoms with E-state index in [4.69, 9.17) is 14.7 Å². The highest BCUT2D eigenvalue weighted by Crippen LogP contribution is 2.41. The number of aromatic nitrogens is 3. The number of anilines is 1. The average molecular weight is 585 g/mol. The fourth-order valence-electron chi connectivity index (χ4n) is 8.12. The number of β-amino-alcohol motifs (C(OH)–C–C–N with tert-alkyl or cyclic N) is 2. The maximum absolute atomic E-state index is 16.8. The number of pyridine rings is 1. The Kier molecular flexibility index (Phi) is 6.52. The number of benzene rings is 2. The largest absolute Gasteiger partial charge is 0.461 e. The Labute approximate surface area is 249 Å². The number of hydrogen-bond acceptors (Lipinski definition) is 9. The molecule has 8 rings (SSSR count). The van der Waals surface area contributed by atoms with Crippen molar-refractivity contribution in [3.63, 3.8) is 0 Å². The summed E-state index contributed by atoms with van der Waals surface area (Å²) >= 11 is 0. The number of nitrogens with zero attached hydrogens (tertiary/aromatic N) is 5. The fraction of sp³-hybridized carbons (Fsp3) is 0.485.